The molecule has 1 aromatic heterocycles. The van der Waals surface area contributed by atoms with Crippen molar-refractivity contribution in [1.82, 2.24) is 9.78 Å². The average Bonchev–Trinajstić information content (AvgIpc) is 2.74. The molecule has 0 aliphatic carbocycles. The second kappa shape index (κ2) is 3.88. The second-order valence-corrected chi connectivity index (χ2v) is 3.29. The molecule has 0 amide bonds. The van der Waals surface area contributed by atoms with Crippen LogP contribution in [0.4, 0.5) is 0 Å². The zero-order valence-electron chi connectivity index (χ0n) is 8.68. The Morgan fingerprint density at radius 1 is 1.19 bits per heavy atom. The fourth-order valence-corrected chi connectivity index (χ4v) is 1.62. The van der Waals surface area contributed by atoms with Gasteiger partial charge in [-0.2, -0.15) is 15.6 Å². The third-order valence-electron chi connectivity index (χ3n) is 2.39. The van der Waals surface area contributed by atoms with Crippen LogP contribution in [0.1, 0.15) is 11.1 Å². The van der Waals surface area contributed by atoms with Crippen molar-refractivity contribution < 1.29 is 0 Å². The first kappa shape index (κ1) is 9.95. The Morgan fingerprint density at radius 2 is 2.00 bits per heavy atom. The van der Waals surface area contributed by atoms with Crippen LogP contribution in [-0.2, 0) is 7.05 Å². The standard InChI is InChI=1S/C12H8N4/c1-16-12(5-6-15-16)10-4-2-3-9(7-13)11(10)8-14/h2-6H,1H3. The molecule has 16 heavy (non-hydrogen) atoms. The number of nitrogens with zero attached hydrogens (tertiary/aromatic N) is 4. The molecular formula is C12H8N4. The van der Waals surface area contributed by atoms with E-state index in [1.54, 1.807) is 30.1 Å². The molecule has 2 aromatic rings. The third kappa shape index (κ3) is 1.43. The van der Waals surface area contributed by atoms with Crippen molar-refractivity contribution in [3.8, 4) is 23.4 Å². The lowest BCUT2D eigenvalue weighted by molar-refractivity contribution is 0.775. The Labute approximate surface area is 93.0 Å². The number of rotatable bonds is 1. The van der Waals surface area contributed by atoms with Gasteiger partial charge in [-0.25, -0.2) is 0 Å². The van der Waals surface area contributed by atoms with Crippen LogP contribution in [0.5, 0.6) is 0 Å². The molecule has 1 aromatic carbocycles. The Kier molecular flexibility index (Phi) is 2.41. The van der Waals surface area contributed by atoms with E-state index in [1.807, 2.05) is 18.2 Å². The molecule has 0 atom stereocenters. The number of hydrogen-bond donors (Lipinski definition) is 0. The van der Waals surface area contributed by atoms with Gasteiger partial charge >= 0.3 is 0 Å². The van der Waals surface area contributed by atoms with Gasteiger partial charge in [-0.05, 0) is 12.1 Å². The van der Waals surface area contributed by atoms with E-state index in [2.05, 4.69) is 11.2 Å². The van der Waals surface area contributed by atoms with E-state index in [1.165, 1.54) is 0 Å². The molecule has 0 aliphatic heterocycles. The number of aryl methyl sites for hydroxylation is 1. The second-order valence-electron chi connectivity index (χ2n) is 3.29. The Bertz CT molecular complexity index is 611. The summed E-state index contributed by atoms with van der Waals surface area (Å²) in [5.41, 5.74) is 2.35. The zero-order valence-corrected chi connectivity index (χ0v) is 8.68. The van der Waals surface area contributed by atoms with Gasteiger partial charge in [-0.1, -0.05) is 12.1 Å². The van der Waals surface area contributed by atoms with E-state index in [9.17, 15) is 0 Å². The van der Waals surface area contributed by atoms with E-state index in [4.69, 9.17) is 10.5 Å². The van der Waals surface area contributed by atoms with E-state index in [-0.39, 0.29) is 0 Å². The molecule has 0 fully saturated rings. The quantitative estimate of drug-likeness (QED) is 0.718. The molecule has 0 bridgehead atoms. The molecule has 0 saturated heterocycles. The fourth-order valence-electron chi connectivity index (χ4n) is 1.62. The van der Waals surface area contributed by atoms with Crippen molar-refractivity contribution in [2.75, 3.05) is 0 Å². The maximum Gasteiger partial charge on any atom is 0.101 e. The maximum atomic E-state index is 9.09. The topological polar surface area (TPSA) is 65.4 Å². The summed E-state index contributed by atoms with van der Waals surface area (Å²) in [6.45, 7) is 0. The molecule has 0 spiro atoms. The van der Waals surface area contributed by atoms with Crippen molar-refractivity contribution in [2.24, 2.45) is 7.05 Å². The highest BCUT2D eigenvalue weighted by atomic mass is 15.3. The summed E-state index contributed by atoms with van der Waals surface area (Å²) in [5, 5.41) is 22.1. The molecule has 0 unspecified atom stereocenters. The molecule has 4 heteroatoms. The lowest BCUT2D eigenvalue weighted by atomic mass is 10.0. The summed E-state index contributed by atoms with van der Waals surface area (Å²) in [6.07, 6.45) is 1.66. The maximum absolute atomic E-state index is 9.09. The number of nitriles is 2. The number of hydrogen-bond acceptors (Lipinski definition) is 3. The van der Waals surface area contributed by atoms with Gasteiger partial charge in [-0.3, -0.25) is 4.68 Å². The number of benzene rings is 1. The van der Waals surface area contributed by atoms with E-state index >= 15 is 0 Å². The Morgan fingerprint density at radius 3 is 2.56 bits per heavy atom. The van der Waals surface area contributed by atoms with E-state index < -0.39 is 0 Å². The highest BCUT2D eigenvalue weighted by Crippen LogP contribution is 2.24. The monoisotopic (exact) mass is 208 g/mol. The highest BCUT2D eigenvalue weighted by molar-refractivity contribution is 5.71. The first-order chi connectivity index (χ1) is 7.77. The fraction of sp³-hybridized carbons (Fsp3) is 0.0833. The van der Waals surface area contributed by atoms with Crippen molar-refractivity contribution in [3.63, 3.8) is 0 Å². The van der Waals surface area contributed by atoms with Gasteiger partial charge in [0, 0.05) is 18.8 Å². The largest absolute Gasteiger partial charge is 0.268 e. The summed E-state index contributed by atoms with van der Waals surface area (Å²) in [4.78, 5) is 0. The minimum Gasteiger partial charge on any atom is -0.268 e. The average molecular weight is 208 g/mol. The minimum atomic E-state index is 0.390. The van der Waals surface area contributed by atoms with Gasteiger partial charge in [0.15, 0.2) is 0 Å². The summed E-state index contributed by atoms with van der Waals surface area (Å²) in [7, 11) is 1.80. The molecule has 2 rings (SSSR count). The predicted octanol–water partition coefficient (Wildman–Crippen LogP) is 1.83. The van der Waals surface area contributed by atoms with E-state index in [0.717, 1.165) is 11.3 Å². The van der Waals surface area contributed by atoms with Gasteiger partial charge in [0.05, 0.1) is 16.8 Å². The van der Waals surface area contributed by atoms with Crippen LogP contribution in [0.3, 0.4) is 0 Å². The molecule has 0 saturated carbocycles. The van der Waals surface area contributed by atoms with Crippen molar-refractivity contribution in [1.29, 1.82) is 10.5 Å². The zero-order chi connectivity index (χ0) is 11.5. The SMILES string of the molecule is Cn1nccc1-c1cccc(C#N)c1C#N. The normalized spacial score (nSPS) is 9.44. The molecular weight excluding hydrogens is 200 g/mol. The summed E-state index contributed by atoms with van der Waals surface area (Å²) >= 11 is 0. The van der Waals surface area contributed by atoms with Crippen LogP contribution < -0.4 is 0 Å². The van der Waals surface area contributed by atoms with Crippen LogP contribution in [-0.4, -0.2) is 9.78 Å². The molecule has 76 valence electrons. The van der Waals surface area contributed by atoms with Gasteiger partial charge in [0.2, 0.25) is 0 Å². The lowest BCUT2D eigenvalue weighted by Crippen LogP contribution is -1.96. The highest BCUT2D eigenvalue weighted by Gasteiger charge is 2.11. The Balaban J connectivity index is 2.73. The molecule has 0 aliphatic rings. The van der Waals surface area contributed by atoms with Crippen LogP contribution in [0, 0.1) is 22.7 Å². The van der Waals surface area contributed by atoms with Gasteiger partial charge < -0.3 is 0 Å². The van der Waals surface area contributed by atoms with Crippen molar-refractivity contribution in [3.05, 3.63) is 41.6 Å². The number of aromatic nitrogens is 2. The van der Waals surface area contributed by atoms with Crippen LogP contribution in [0.2, 0.25) is 0 Å². The summed E-state index contributed by atoms with van der Waals surface area (Å²) in [5.74, 6) is 0. The van der Waals surface area contributed by atoms with Gasteiger partial charge in [0.25, 0.3) is 0 Å². The predicted molar refractivity (Wildman–Crippen MR) is 58.1 cm³/mol. The van der Waals surface area contributed by atoms with Crippen LogP contribution in [0.25, 0.3) is 11.3 Å². The molecule has 0 N–H and O–H groups in total. The smallest absolute Gasteiger partial charge is 0.101 e. The molecule has 0 radical (unpaired) electrons. The van der Waals surface area contributed by atoms with Crippen LogP contribution >= 0.6 is 0 Å². The summed E-state index contributed by atoms with van der Waals surface area (Å²) < 4.78 is 1.68. The van der Waals surface area contributed by atoms with Crippen LogP contribution in [0.15, 0.2) is 30.5 Å². The van der Waals surface area contributed by atoms with Crippen molar-refractivity contribution in [2.45, 2.75) is 0 Å². The van der Waals surface area contributed by atoms with Gasteiger partial charge in [0.1, 0.15) is 12.1 Å². The van der Waals surface area contributed by atoms with Crippen molar-refractivity contribution >= 4 is 0 Å². The van der Waals surface area contributed by atoms with E-state index in [0.29, 0.717) is 11.1 Å². The Hall–Kier alpha value is -2.59. The van der Waals surface area contributed by atoms with Gasteiger partial charge in [-0.15, -0.1) is 0 Å². The first-order valence-electron chi connectivity index (χ1n) is 4.69. The summed E-state index contributed by atoms with van der Waals surface area (Å²) in [6, 6.07) is 11.1. The first-order valence-corrected chi connectivity index (χ1v) is 4.69. The lowest BCUT2D eigenvalue weighted by Gasteiger charge is -2.05. The molecule has 1 heterocycles. The minimum absolute atomic E-state index is 0.390. The molecule has 4 nitrogen and oxygen atoms in total. The third-order valence-corrected chi connectivity index (χ3v) is 2.39.